The largest absolute Gasteiger partial charge is 0.492 e. The maximum absolute atomic E-state index is 12.7. The second-order valence-corrected chi connectivity index (χ2v) is 10.4. The van der Waals surface area contributed by atoms with Gasteiger partial charge in [-0.1, -0.05) is 11.6 Å². The molecule has 1 atom stereocenters. The quantitative estimate of drug-likeness (QED) is 0.506. The Hall–Kier alpha value is -2.62. The summed E-state index contributed by atoms with van der Waals surface area (Å²) in [6.07, 6.45) is 0.491. The molecule has 2 heterocycles. The van der Waals surface area contributed by atoms with Crippen molar-refractivity contribution < 1.29 is 22.7 Å². The third-order valence-corrected chi connectivity index (χ3v) is 7.55. The lowest BCUT2D eigenvalue weighted by Crippen LogP contribution is -2.30. The molecule has 10 heteroatoms. The van der Waals surface area contributed by atoms with Gasteiger partial charge in [-0.2, -0.15) is 0 Å². The predicted molar refractivity (Wildman–Crippen MR) is 120 cm³/mol. The molecular weight excluding hydrogens is 454 g/mol. The van der Waals surface area contributed by atoms with E-state index < -0.39 is 15.9 Å². The van der Waals surface area contributed by atoms with Crippen molar-refractivity contribution in [1.29, 1.82) is 0 Å². The predicted octanol–water partition coefficient (Wildman–Crippen LogP) is 3.25. The monoisotopic (exact) mass is 477 g/mol. The Bertz CT molecular complexity index is 1290. The van der Waals surface area contributed by atoms with Crippen LogP contribution in [0.15, 0.2) is 41.3 Å². The summed E-state index contributed by atoms with van der Waals surface area (Å²) in [4.78, 5) is 17.4. The normalized spacial score (nSPS) is 16.1. The van der Waals surface area contributed by atoms with Crippen molar-refractivity contribution in [3.8, 4) is 5.75 Å². The molecule has 2 aromatic carbocycles. The molecule has 0 fully saturated rings. The summed E-state index contributed by atoms with van der Waals surface area (Å²) in [5, 5.41) is 0.591. The van der Waals surface area contributed by atoms with Crippen molar-refractivity contribution in [2.24, 2.45) is 5.92 Å². The van der Waals surface area contributed by atoms with Crippen LogP contribution in [0.1, 0.15) is 18.3 Å². The SMILES string of the molecule is CCn1c(COC(=O)C2COc3ccc(Cl)cc3C2)nc2cc(S(=O)(=O)N(C)C)ccc21. The van der Waals surface area contributed by atoms with Crippen molar-refractivity contribution in [2.75, 3.05) is 20.7 Å². The van der Waals surface area contributed by atoms with Crippen LogP contribution in [0.2, 0.25) is 5.02 Å². The summed E-state index contributed by atoms with van der Waals surface area (Å²) in [6.45, 7) is 2.77. The maximum atomic E-state index is 12.7. The Kier molecular flexibility index (Phi) is 6.15. The zero-order valence-corrected chi connectivity index (χ0v) is 19.6. The van der Waals surface area contributed by atoms with Gasteiger partial charge in [0.2, 0.25) is 10.0 Å². The van der Waals surface area contributed by atoms with Crippen LogP contribution in [0.3, 0.4) is 0 Å². The summed E-state index contributed by atoms with van der Waals surface area (Å²) < 4.78 is 39.2. The summed E-state index contributed by atoms with van der Waals surface area (Å²) in [6, 6.07) is 10.2. The minimum atomic E-state index is -3.57. The first-order valence-electron chi connectivity index (χ1n) is 10.2. The minimum Gasteiger partial charge on any atom is -0.492 e. The summed E-state index contributed by atoms with van der Waals surface area (Å²) in [5.41, 5.74) is 2.19. The molecule has 0 amide bonds. The van der Waals surface area contributed by atoms with Crippen LogP contribution in [0.5, 0.6) is 5.75 Å². The number of halogens is 1. The van der Waals surface area contributed by atoms with E-state index in [9.17, 15) is 13.2 Å². The number of carbonyl (C=O) groups is 1. The van der Waals surface area contributed by atoms with Gasteiger partial charge in [0.05, 0.1) is 21.8 Å². The number of imidazole rings is 1. The first-order valence-corrected chi connectivity index (χ1v) is 12.0. The van der Waals surface area contributed by atoms with E-state index in [0.717, 1.165) is 21.1 Å². The maximum Gasteiger partial charge on any atom is 0.313 e. The topological polar surface area (TPSA) is 90.7 Å². The van der Waals surface area contributed by atoms with Crippen molar-refractivity contribution in [1.82, 2.24) is 13.9 Å². The van der Waals surface area contributed by atoms with Gasteiger partial charge in [-0.05, 0) is 55.3 Å². The fraction of sp³-hybridized carbons (Fsp3) is 0.364. The highest BCUT2D eigenvalue weighted by Crippen LogP contribution is 2.30. The van der Waals surface area contributed by atoms with Crippen LogP contribution >= 0.6 is 11.6 Å². The highest BCUT2D eigenvalue weighted by molar-refractivity contribution is 7.89. The van der Waals surface area contributed by atoms with Crippen molar-refractivity contribution in [3.05, 3.63) is 52.8 Å². The molecule has 0 bridgehead atoms. The van der Waals surface area contributed by atoms with Crippen molar-refractivity contribution in [3.63, 3.8) is 0 Å². The molecule has 0 aliphatic carbocycles. The number of carbonyl (C=O) groups excluding carboxylic acids is 1. The van der Waals surface area contributed by atoms with E-state index in [1.807, 2.05) is 11.5 Å². The third kappa shape index (κ3) is 4.20. The summed E-state index contributed by atoms with van der Waals surface area (Å²) >= 11 is 6.05. The smallest absolute Gasteiger partial charge is 0.313 e. The van der Waals surface area contributed by atoms with Crippen LogP contribution in [0.4, 0.5) is 0 Å². The van der Waals surface area contributed by atoms with E-state index in [0.29, 0.717) is 29.3 Å². The number of benzene rings is 2. The standard InChI is InChI=1S/C22H24ClN3O5S/c1-4-26-19-7-6-17(32(28,29)25(2)3)11-18(19)24-21(26)13-31-22(27)15-9-14-10-16(23)5-8-20(14)30-12-15/h5-8,10-11,15H,4,9,12-13H2,1-3H3. The molecule has 3 aromatic rings. The lowest BCUT2D eigenvalue weighted by Gasteiger charge is -2.24. The van der Waals surface area contributed by atoms with Gasteiger partial charge in [0.15, 0.2) is 0 Å². The molecule has 1 aromatic heterocycles. The van der Waals surface area contributed by atoms with E-state index in [1.165, 1.54) is 20.2 Å². The molecule has 0 N–H and O–H groups in total. The van der Waals surface area contributed by atoms with Crippen molar-refractivity contribution in [2.45, 2.75) is 31.4 Å². The number of ether oxygens (including phenoxy) is 2. The number of hydrogen-bond acceptors (Lipinski definition) is 6. The third-order valence-electron chi connectivity index (χ3n) is 5.50. The van der Waals surface area contributed by atoms with Crippen LogP contribution in [0.25, 0.3) is 11.0 Å². The summed E-state index contributed by atoms with van der Waals surface area (Å²) in [7, 11) is -0.606. The van der Waals surface area contributed by atoms with E-state index >= 15 is 0 Å². The molecular formula is C22H24ClN3O5S. The van der Waals surface area contributed by atoms with Crippen LogP contribution in [0, 0.1) is 5.92 Å². The van der Waals surface area contributed by atoms with Gasteiger partial charge in [-0.3, -0.25) is 4.79 Å². The Morgan fingerprint density at radius 2 is 2.06 bits per heavy atom. The van der Waals surface area contributed by atoms with E-state index in [1.54, 1.807) is 30.3 Å². The molecule has 0 spiro atoms. The van der Waals surface area contributed by atoms with Gasteiger partial charge in [0.25, 0.3) is 0 Å². The molecule has 1 aliphatic heterocycles. The second-order valence-electron chi connectivity index (χ2n) is 7.78. The van der Waals surface area contributed by atoms with Gasteiger partial charge >= 0.3 is 5.97 Å². The number of aryl methyl sites for hydroxylation is 1. The van der Waals surface area contributed by atoms with Gasteiger partial charge in [0.1, 0.15) is 24.8 Å². The molecule has 1 unspecified atom stereocenters. The highest BCUT2D eigenvalue weighted by atomic mass is 35.5. The average molecular weight is 478 g/mol. The molecule has 0 saturated carbocycles. The molecule has 0 saturated heterocycles. The Labute approximate surface area is 191 Å². The zero-order chi connectivity index (χ0) is 23.0. The average Bonchev–Trinajstić information content (AvgIpc) is 3.13. The molecule has 170 valence electrons. The lowest BCUT2D eigenvalue weighted by molar-refractivity contribution is -0.151. The Balaban J connectivity index is 1.52. The first-order chi connectivity index (χ1) is 15.2. The van der Waals surface area contributed by atoms with E-state index in [-0.39, 0.29) is 24.1 Å². The molecule has 4 rings (SSSR count). The van der Waals surface area contributed by atoms with Crippen LogP contribution < -0.4 is 4.74 Å². The van der Waals surface area contributed by atoms with Gasteiger partial charge in [-0.15, -0.1) is 0 Å². The molecule has 32 heavy (non-hydrogen) atoms. The van der Waals surface area contributed by atoms with Crippen LogP contribution in [-0.4, -0.2) is 48.9 Å². The fourth-order valence-electron chi connectivity index (χ4n) is 3.76. The summed E-state index contributed by atoms with van der Waals surface area (Å²) in [5.74, 6) is 0.476. The Morgan fingerprint density at radius 1 is 1.28 bits per heavy atom. The van der Waals surface area contributed by atoms with E-state index in [4.69, 9.17) is 21.1 Å². The van der Waals surface area contributed by atoms with E-state index in [2.05, 4.69) is 4.98 Å². The molecule has 8 nitrogen and oxygen atoms in total. The number of aromatic nitrogens is 2. The van der Waals surface area contributed by atoms with Crippen molar-refractivity contribution >= 4 is 38.6 Å². The number of esters is 1. The molecule has 1 aliphatic rings. The number of nitrogens with zero attached hydrogens (tertiary/aromatic N) is 3. The molecule has 0 radical (unpaired) electrons. The van der Waals surface area contributed by atoms with Gasteiger partial charge in [0, 0.05) is 25.7 Å². The first kappa shape index (κ1) is 22.6. The second kappa shape index (κ2) is 8.73. The number of sulfonamides is 1. The fourth-order valence-corrected chi connectivity index (χ4v) is 4.88. The Morgan fingerprint density at radius 3 is 2.78 bits per heavy atom. The van der Waals surface area contributed by atoms with Crippen LogP contribution in [-0.2, 0) is 39.1 Å². The highest BCUT2D eigenvalue weighted by Gasteiger charge is 2.28. The minimum absolute atomic E-state index is 0.0178. The number of hydrogen-bond donors (Lipinski definition) is 0. The van der Waals surface area contributed by atoms with Gasteiger partial charge < -0.3 is 14.0 Å². The number of fused-ring (bicyclic) bond motifs is 2. The number of rotatable bonds is 6. The lowest BCUT2D eigenvalue weighted by atomic mass is 9.97. The zero-order valence-electron chi connectivity index (χ0n) is 18.0. The van der Waals surface area contributed by atoms with Gasteiger partial charge in [-0.25, -0.2) is 17.7 Å².